The first-order chi connectivity index (χ1) is 6.86. The van der Waals surface area contributed by atoms with Crippen molar-refractivity contribution in [1.29, 1.82) is 0 Å². The van der Waals surface area contributed by atoms with Crippen LogP contribution in [0.4, 0.5) is 13.2 Å². The van der Waals surface area contributed by atoms with E-state index in [0.717, 1.165) is 18.6 Å². The van der Waals surface area contributed by atoms with Crippen molar-refractivity contribution in [2.45, 2.75) is 26.4 Å². The molecule has 0 N–H and O–H groups in total. The van der Waals surface area contributed by atoms with Gasteiger partial charge in [0, 0.05) is 5.56 Å². The molecule has 0 atom stereocenters. The van der Waals surface area contributed by atoms with E-state index in [-0.39, 0.29) is 5.56 Å². The van der Waals surface area contributed by atoms with Crippen LogP contribution in [-0.4, -0.2) is 5.78 Å². The molecule has 0 aliphatic heterocycles. The molecule has 0 radical (unpaired) electrons. The first-order valence-electron chi connectivity index (χ1n) is 4.57. The number of halogens is 3. The van der Waals surface area contributed by atoms with Gasteiger partial charge in [0.05, 0.1) is 5.56 Å². The maximum Gasteiger partial charge on any atom is 0.417 e. The molecular weight excluding hydrogens is 205 g/mol. The fraction of sp³-hybridized carbons (Fsp3) is 0.364. The maximum absolute atomic E-state index is 12.5. The number of hydrogen-bond donors (Lipinski definition) is 0. The van der Waals surface area contributed by atoms with E-state index in [9.17, 15) is 18.0 Å². The molecule has 4 heteroatoms. The number of benzene rings is 1. The number of hydrogen-bond acceptors (Lipinski definition) is 1. The number of carbonyl (C=O) groups excluding carboxylic acids is 1. The van der Waals surface area contributed by atoms with E-state index in [4.69, 9.17) is 0 Å². The summed E-state index contributed by atoms with van der Waals surface area (Å²) in [5, 5.41) is 0. The predicted octanol–water partition coefficient (Wildman–Crippen LogP) is 3.47. The normalized spacial score (nSPS) is 11.5. The van der Waals surface area contributed by atoms with Gasteiger partial charge in [-0.3, -0.25) is 4.79 Å². The molecule has 1 aromatic rings. The average molecular weight is 216 g/mol. The second-order valence-corrected chi connectivity index (χ2v) is 3.29. The molecule has 0 fully saturated rings. The number of ketones is 1. The molecule has 0 aliphatic carbocycles. The van der Waals surface area contributed by atoms with Gasteiger partial charge in [-0.05, 0) is 31.0 Å². The molecule has 0 aromatic heterocycles. The molecule has 1 nitrogen and oxygen atoms in total. The summed E-state index contributed by atoms with van der Waals surface area (Å²) in [6.45, 7) is 2.97. The van der Waals surface area contributed by atoms with Crippen LogP contribution in [0.25, 0.3) is 0 Å². The van der Waals surface area contributed by atoms with Gasteiger partial charge in [0.25, 0.3) is 0 Å². The van der Waals surface area contributed by atoms with Gasteiger partial charge >= 0.3 is 6.18 Å². The van der Waals surface area contributed by atoms with Gasteiger partial charge in [-0.1, -0.05) is 13.0 Å². The van der Waals surface area contributed by atoms with Crippen molar-refractivity contribution in [3.05, 3.63) is 34.9 Å². The Morgan fingerprint density at radius 1 is 1.33 bits per heavy atom. The number of rotatable bonds is 2. The Morgan fingerprint density at radius 2 is 1.93 bits per heavy atom. The van der Waals surface area contributed by atoms with Crippen LogP contribution in [0.2, 0.25) is 0 Å². The summed E-state index contributed by atoms with van der Waals surface area (Å²) < 4.78 is 37.5. The summed E-state index contributed by atoms with van der Waals surface area (Å²) in [4.78, 5) is 11.1. The minimum atomic E-state index is -4.47. The highest BCUT2D eigenvalue weighted by atomic mass is 19.4. The van der Waals surface area contributed by atoms with Crippen LogP contribution in [0.5, 0.6) is 0 Å². The fourth-order valence-electron chi connectivity index (χ4n) is 1.35. The molecule has 1 aromatic carbocycles. The highest BCUT2D eigenvalue weighted by molar-refractivity contribution is 5.96. The lowest BCUT2D eigenvalue weighted by molar-refractivity contribution is -0.137. The zero-order valence-electron chi connectivity index (χ0n) is 8.48. The average Bonchev–Trinajstić information content (AvgIpc) is 2.15. The van der Waals surface area contributed by atoms with E-state index in [2.05, 4.69) is 0 Å². The Morgan fingerprint density at radius 3 is 2.33 bits per heavy atom. The highest BCUT2D eigenvalue weighted by Crippen LogP contribution is 2.32. The standard InChI is InChI=1S/C11H11F3O/c1-3-8-4-5-10(11(12,13)14)9(6-8)7(2)15/h4-6H,3H2,1-2H3. The third kappa shape index (κ3) is 2.58. The predicted molar refractivity (Wildman–Crippen MR) is 50.8 cm³/mol. The number of carbonyl (C=O) groups is 1. The van der Waals surface area contributed by atoms with E-state index in [0.29, 0.717) is 6.42 Å². The summed E-state index contributed by atoms with van der Waals surface area (Å²) in [6, 6.07) is 3.68. The lowest BCUT2D eigenvalue weighted by Gasteiger charge is -2.11. The van der Waals surface area contributed by atoms with Crippen LogP contribution in [-0.2, 0) is 12.6 Å². The van der Waals surface area contributed by atoms with Gasteiger partial charge in [-0.15, -0.1) is 0 Å². The quantitative estimate of drug-likeness (QED) is 0.692. The van der Waals surface area contributed by atoms with Crippen molar-refractivity contribution in [1.82, 2.24) is 0 Å². The lowest BCUT2D eigenvalue weighted by Crippen LogP contribution is -2.12. The van der Waals surface area contributed by atoms with Crippen molar-refractivity contribution in [3.8, 4) is 0 Å². The molecule has 0 amide bonds. The number of aryl methyl sites for hydroxylation is 1. The molecule has 82 valence electrons. The van der Waals surface area contributed by atoms with E-state index in [1.54, 1.807) is 0 Å². The number of Topliss-reactive ketones (excluding diaryl/α,β-unsaturated/α-hetero) is 1. The molecule has 0 spiro atoms. The van der Waals surface area contributed by atoms with Gasteiger partial charge in [0.1, 0.15) is 0 Å². The van der Waals surface area contributed by atoms with Crippen LogP contribution in [0.3, 0.4) is 0 Å². The van der Waals surface area contributed by atoms with Gasteiger partial charge < -0.3 is 0 Å². The molecule has 0 heterocycles. The molecule has 0 bridgehead atoms. The van der Waals surface area contributed by atoms with E-state index >= 15 is 0 Å². The molecule has 15 heavy (non-hydrogen) atoms. The van der Waals surface area contributed by atoms with Crippen LogP contribution >= 0.6 is 0 Å². The van der Waals surface area contributed by atoms with E-state index in [1.165, 1.54) is 12.1 Å². The van der Waals surface area contributed by atoms with Crippen molar-refractivity contribution in [3.63, 3.8) is 0 Å². The van der Waals surface area contributed by atoms with Crippen LogP contribution in [0, 0.1) is 0 Å². The van der Waals surface area contributed by atoms with Crippen molar-refractivity contribution >= 4 is 5.78 Å². The van der Waals surface area contributed by atoms with Gasteiger partial charge in [0.2, 0.25) is 0 Å². The van der Waals surface area contributed by atoms with Gasteiger partial charge in [-0.25, -0.2) is 0 Å². The SMILES string of the molecule is CCc1ccc(C(F)(F)F)c(C(C)=O)c1. The van der Waals surface area contributed by atoms with E-state index in [1.807, 2.05) is 6.92 Å². The summed E-state index contributed by atoms with van der Waals surface area (Å²) in [6.07, 6.45) is -3.86. The van der Waals surface area contributed by atoms with Crippen molar-refractivity contribution in [2.75, 3.05) is 0 Å². The van der Waals surface area contributed by atoms with Crippen molar-refractivity contribution < 1.29 is 18.0 Å². The topological polar surface area (TPSA) is 17.1 Å². The first-order valence-corrected chi connectivity index (χ1v) is 4.57. The third-order valence-electron chi connectivity index (χ3n) is 2.18. The smallest absolute Gasteiger partial charge is 0.294 e. The molecule has 0 aliphatic rings. The minimum absolute atomic E-state index is 0.248. The molecule has 0 saturated carbocycles. The Bertz CT molecular complexity index is 380. The molecule has 0 saturated heterocycles. The summed E-state index contributed by atoms with van der Waals surface area (Å²) in [5.41, 5.74) is -0.373. The monoisotopic (exact) mass is 216 g/mol. The second-order valence-electron chi connectivity index (χ2n) is 3.29. The molecule has 0 unspecified atom stereocenters. The summed E-state index contributed by atoms with van der Waals surface area (Å²) in [7, 11) is 0. The zero-order valence-corrected chi connectivity index (χ0v) is 8.48. The third-order valence-corrected chi connectivity index (χ3v) is 2.18. The Hall–Kier alpha value is -1.32. The largest absolute Gasteiger partial charge is 0.417 e. The summed E-state index contributed by atoms with van der Waals surface area (Å²) >= 11 is 0. The van der Waals surface area contributed by atoms with Gasteiger partial charge in [-0.2, -0.15) is 13.2 Å². The van der Waals surface area contributed by atoms with E-state index < -0.39 is 17.5 Å². The minimum Gasteiger partial charge on any atom is -0.294 e. The van der Waals surface area contributed by atoms with Crippen LogP contribution < -0.4 is 0 Å². The Labute approximate surface area is 85.9 Å². The molecule has 1 rings (SSSR count). The number of alkyl halides is 3. The van der Waals surface area contributed by atoms with Crippen molar-refractivity contribution in [2.24, 2.45) is 0 Å². The lowest BCUT2D eigenvalue weighted by atomic mass is 9.99. The zero-order chi connectivity index (χ0) is 11.6. The fourth-order valence-corrected chi connectivity index (χ4v) is 1.35. The van der Waals surface area contributed by atoms with Crippen LogP contribution in [0.15, 0.2) is 18.2 Å². The maximum atomic E-state index is 12.5. The highest BCUT2D eigenvalue weighted by Gasteiger charge is 2.34. The molecular formula is C11H11F3O. The Kier molecular flexibility index (Phi) is 3.17. The first kappa shape index (κ1) is 11.8. The van der Waals surface area contributed by atoms with Gasteiger partial charge in [0.15, 0.2) is 5.78 Å². The second kappa shape index (κ2) is 4.04. The Balaban J connectivity index is 3.34. The summed E-state index contributed by atoms with van der Waals surface area (Å²) in [5.74, 6) is -0.558. The van der Waals surface area contributed by atoms with Crippen LogP contribution in [0.1, 0.15) is 35.3 Å².